The van der Waals surface area contributed by atoms with Gasteiger partial charge in [-0.15, -0.1) is 26.3 Å². The predicted octanol–water partition coefficient (Wildman–Crippen LogP) is 9.06. The van der Waals surface area contributed by atoms with Gasteiger partial charge in [0.1, 0.15) is 0 Å². The molecule has 0 nitrogen and oxygen atoms in total. The zero-order valence-electron chi connectivity index (χ0n) is 18.4. The van der Waals surface area contributed by atoms with Crippen molar-refractivity contribution in [3.8, 4) is 0 Å². The van der Waals surface area contributed by atoms with Crippen molar-refractivity contribution in [3.05, 3.63) is 73.4 Å². The van der Waals surface area contributed by atoms with Crippen molar-refractivity contribution in [1.29, 1.82) is 0 Å². The Morgan fingerprint density at radius 2 is 1.61 bits per heavy atom. The molecule has 1 aromatic carbocycles. The van der Waals surface area contributed by atoms with Crippen LogP contribution in [-0.2, 0) is 6.42 Å². The van der Waals surface area contributed by atoms with Crippen LogP contribution in [0, 0.1) is 24.2 Å². The van der Waals surface area contributed by atoms with E-state index in [0.29, 0.717) is 5.41 Å². The molecule has 0 aliphatic heterocycles. The lowest BCUT2D eigenvalue weighted by atomic mass is 9.55. The second-order valence-corrected chi connectivity index (χ2v) is 8.42. The number of hydrogen-bond acceptors (Lipinski definition) is 0. The van der Waals surface area contributed by atoms with Gasteiger partial charge in [0, 0.05) is 0 Å². The van der Waals surface area contributed by atoms with Crippen molar-refractivity contribution < 1.29 is 0 Å². The lowest BCUT2D eigenvalue weighted by Crippen LogP contribution is -2.40. The average molecular weight is 383 g/mol. The summed E-state index contributed by atoms with van der Waals surface area (Å²) >= 11 is 0. The quantitative estimate of drug-likeness (QED) is 0.392. The van der Waals surface area contributed by atoms with E-state index < -0.39 is 0 Å². The molecule has 4 unspecified atom stereocenters. The van der Waals surface area contributed by atoms with Crippen molar-refractivity contribution in [3.63, 3.8) is 0 Å². The second kappa shape index (κ2) is 12.1. The highest BCUT2D eigenvalue weighted by Gasteiger charge is 2.51. The van der Waals surface area contributed by atoms with Gasteiger partial charge < -0.3 is 0 Å². The zero-order valence-corrected chi connectivity index (χ0v) is 18.4. The summed E-state index contributed by atoms with van der Waals surface area (Å²) in [6.45, 7) is 25.4. The minimum atomic E-state index is 0. The molecule has 2 fully saturated rings. The third kappa shape index (κ3) is 5.07. The van der Waals surface area contributed by atoms with Crippen LogP contribution in [0.5, 0.6) is 0 Å². The Kier molecular flexibility index (Phi) is 11.4. The van der Waals surface area contributed by atoms with Crippen molar-refractivity contribution in [2.75, 3.05) is 0 Å². The van der Waals surface area contributed by atoms with Crippen LogP contribution in [0.25, 0.3) is 0 Å². The summed E-state index contributed by atoms with van der Waals surface area (Å²) in [5, 5.41) is 0. The Morgan fingerprint density at radius 1 is 1.00 bits per heavy atom. The second-order valence-electron chi connectivity index (χ2n) is 8.42. The number of hydrogen-bond donors (Lipinski definition) is 0. The maximum absolute atomic E-state index is 4.40. The smallest absolute Gasteiger partial charge is 0.00876 e. The third-order valence-electron chi connectivity index (χ3n) is 6.84. The van der Waals surface area contributed by atoms with Crippen LogP contribution in [0.3, 0.4) is 0 Å². The maximum Gasteiger partial charge on any atom is -0.00876 e. The molecule has 4 rings (SSSR count). The number of benzene rings is 1. The molecule has 0 heterocycles. The molecule has 3 aliphatic carbocycles. The van der Waals surface area contributed by atoms with Gasteiger partial charge in [-0.1, -0.05) is 70.5 Å². The number of aryl methyl sites for hydroxylation is 2. The summed E-state index contributed by atoms with van der Waals surface area (Å²) in [4.78, 5) is 0. The first-order valence-corrected chi connectivity index (χ1v) is 10.8. The first-order valence-electron chi connectivity index (χ1n) is 10.8. The van der Waals surface area contributed by atoms with E-state index in [1.54, 1.807) is 16.7 Å². The molecule has 0 aromatic heterocycles. The normalized spacial score (nSPS) is 28.9. The number of fused-ring (bicyclic) bond motifs is 5. The molecule has 1 aromatic rings. The molecule has 0 heteroatoms. The van der Waals surface area contributed by atoms with E-state index in [1.165, 1.54) is 50.5 Å². The van der Waals surface area contributed by atoms with Crippen molar-refractivity contribution in [2.24, 2.45) is 17.3 Å². The van der Waals surface area contributed by atoms with Crippen LogP contribution in [0.2, 0.25) is 0 Å². The molecular formula is C28H46. The summed E-state index contributed by atoms with van der Waals surface area (Å²) in [6, 6.07) is 7.20. The monoisotopic (exact) mass is 382 g/mol. The molecule has 0 spiro atoms. The molecular weight excluding hydrogens is 336 g/mol. The van der Waals surface area contributed by atoms with Gasteiger partial charge in [-0.05, 0) is 79.7 Å². The van der Waals surface area contributed by atoms with Crippen LogP contribution in [0.4, 0.5) is 0 Å². The van der Waals surface area contributed by atoms with Gasteiger partial charge in [-0.25, -0.2) is 0 Å². The number of rotatable bonds is 0. The van der Waals surface area contributed by atoms with Gasteiger partial charge in [0.05, 0.1) is 0 Å². The Morgan fingerprint density at radius 3 is 2.21 bits per heavy atom. The van der Waals surface area contributed by atoms with Crippen LogP contribution < -0.4 is 0 Å². The Balaban J connectivity index is 0.000000819. The van der Waals surface area contributed by atoms with E-state index in [4.69, 9.17) is 0 Å². The van der Waals surface area contributed by atoms with E-state index in [-0.39, 0.29) is 7.43 Å². The molecule has 0 N–H and O–H groups in total. The first-order chi connectivity index (χ1) is 13.0. The Bertz CT molecular complexity index is 608. The van der Waals surface area contributed by atoms with Crippen LogP contribution >= 0.6 is 0 Å². The molecule has 158 valence electrons. The zero-order chi connectivity index (χ0) is 20.6. The van der Waals surface area contributed by atoms with E-state index in [9.17, 15) is 0 Å². The minimum Gasteiger partial charge on any atom is -0.106 e. The Hall–Kier alpha value is -1.56. The summed E-state index contributed by atoms with van der Waals surface area (Å²) in [7, 11) is 0. The molecule has 3 aliphatic rings. The average Bonchev–Trinajstić information content (AvgIpc) is 3.00. The van der Waals surface area contributed by atoms with E-state index >= 15 is 0 Å². The van der Waals surface area contributed by atoms with Gasteiger partial charge >= 0.3 is 0 Å². The maximum atomic E-state index is 4.40. The highest BCUT2D eigenvalue weighted by atomic mass is 14.6. The predicted molar refractivity (Wildman–Crippen MR) is 130 cm³/mol. The fourth-order valence-electron chi connectivity index (χ4n) is 5.62. The first kappa shape index (κ1) is 26.4. The van der Waals surface area contributed by atoms with Crippen LogP contribution in [0.1, 0.15) is 89.3 Å². The molecule has 0 amide bonds. The summed E-state index contributed by atoms with van der Waals surface area (Å²) < 4.78 is 0. The van der Waals surface area contributed by atoms with E-state index in [1.807, 2.05) is 0 Å². The Labute approximate surface area is 176 Å². The summed E-state index contributed by atoms with van der Waals surface area (Å²) in [6.07, 6.45) is 9.40. The molecule has 0 radical (unpaired) electrons. The minimum absolute atomic E-state index is 0. The summed E-state index contributed by atoms with van der Waals surface area (Å²) in [5.41, 5.74) is 6.77. The van der Waals surface area contributed by atoms with Gasteiger partial charge in [0.25, 0.3) is 0 Å². The van der Waals surface area contributed by atoms with E-state index in [2.05, 4.69) is 78.8 Å². The molecule has 28 heavy (non-hydrogen) atoms. The lowest BCUT2D eigenvalue weighted by Gasteiger charge is -2.49. The van der Waals surface area contributed by atoms with E-state index in [0.717, 1.165) is 17.8 Å². The molecule has 0 saturated heterocycles. The van der Waals surface area contributed by atoms with Crippen LogP contribution in [0.15, 0.2) is 56.7 Å². The molecule has 4 atom stereocenters. The topological polar surface area (TPSA) is 0 Å². The van der Waals surface area contributed by atoms with Gasteiger partial charge in [-0.2, -0.15) is 0 Å². The highest BCUT2D eigenvalue weighted by Crippen LogP contribution is 2.62. The standard InChI is InChI=1S/C20H26.C3H8.2C2H4.CH4/c1-13-4-7-16-15(12-13)6-8-18-17(16)10-11-20(3)14(2)5-9-19(18)20;1-3-2;2*1-2;/h4,7,12,17-19H,2,5-6,8-11H2,1,3H3;3H2,1-2H3;2*1-2H2;1H4. The third-order valence-corrected chi connectivity index (χ3v) is 6.84. The van der Waals surface area contributed by atoms with Crippen molar-refractivity contribution in [1.82, 2.24) is 0 Å². The van der Waals surface area contributed by atoms with Crippen molar-refractivity contribution >= 4 is 0 Å². The van der Waals surface area contributed by atoms with Gasteiger partial charge in [-0.3, -0.25) is 0 Å². The fourth-order valence-corrected chi connectivity index (χ4v) is 5.62. The molecule has 2 saturated carbocycles. The summed E-state index contributed by atoms with van der Waals surface area (Å²) in [5.74, 6) is 2.66. The molecule has 0 bridgehead atoms. The largest absolute Gasteiger partial charge is 0.106 e. The highest BCUT2D eigenvalue weighted by molar-refractivity contribution is 5.38. The van der Waals surface area contributed by atoms with Crippen molar-refractivity contribution in [2.45, 2.75) is 86.0 Å². The lowest BCUT2D eigenvalue weighted by molar-refractivity contribution is 0.0817. The van der Waals surface area contributed by atoms with Crippen LogP contribution in [-0.4, -0.2) is 0 Å². The fraction of sp³-hybridized carbons (Fsp3) is 0.571. The number of allylic oxidation sites excluding steroid dienone is 1. The SMILES string of the molecule is C.C=C.C=C.C=C1CCC2C3CCc4cc(C)ccc4C3CCC12C.CCC. The van der Waals surface area contributed by atoms with Gasteiger partial charge in [0.2, 0.25) is 0 Å². The van der Waals surface area contributed by atoms with Gasteiger partial charge in [0.15, 0.2) is 0 Å².